The van der Waals surface area contributed by atoms with E-state index in [0.29, 0.717) is 34.7 Å². The van der Waals surface area contributed by atoms with Gasteiger partial charge in [-0.2, -0.15) is 9.49 Å². The largest absolute Gasteiger partial charge is 0.494 e. The molecule has 2 aromatic heterocycles. The van der Waals surface area contributed by atoms with E-state index in [4.69, 9.17) is 20.3 Å². The summed E-state index contributed by atoms with van der Waals surface area (Å²) in [6.45, 7) is 0. The molecule has 1 aliphatic rings. The van der Waals surface area contributed by atoms with Crippen molar-refractivity contribution in [1.29, 1.82) is 0 Å². The van der Waals surface area contributed by atoms with E-state index in [1.165, 1.54) is 25.6 Å². The summed E-state index contributed by atoms with van der Waals surface area (Å²) >= 11 is 0. The van der Waals surface area contributed by atoms with Crippen LogP contribution in [0.4, 0.5) is 10.2 Å². The standard InChI is InChI=1S/C24H24FN5O3/c1-32-18-6-3-7-19(21(18)25)33-17-10-8-14(9-11-17)22-20-23(26)27-13-28-24(20)30(29-22)15-4-2-5-16(31)12-15/h3,6-11,13,15-16,31H,2,4-5,12H2,1H3,(H2,26,27,28)/t15-,16+/m1/s1. The number of rotatable bonds is 5. The predicted octanol–water partition coefficient (Wildman–Crippen LogP) is 4.49. The number of benzene rings is 2. The Morgan fingerprint density at radius 3 is 2.64 bits per heavy atom. The number of anilines is 1. The number of halogens is 1. The van der Waals surface area contributed by atoms with Crippen LogP contribution in [-0.2, 0) is 0 Å². The van der Waals surface area contributed by atoms with Crippen LogP contribution >= 0.6 is 0 Å². The molecule has 2 atom stereocenters. The third-order valence-electron chi connectivity index (χ3n) is 5.99. The zero-order chi connectivity index (χ0) is 22.9. The number of fused-ring (bicyclic) bond motifs is 1. The number of hydrogen-bond donors (Lipinski definition) is 2. The third kappa shape index (κ3) is 3.95. The van der Waals surface area contributed by atoms with Gasteiger partial charge in [0.25, 0.3) is 0 Å². The number of aromatic nitrogens is 4. The highest BCUT2D eigenvalue weighted by atomic mass is 19.1. The monoisotopic (exact) mass is 449 g/mol. The number of aliphatic hydroxyl groups excluding tert-OH is 1. The third-order valence-corrected chi connectivity index (χ3v) is 5.99. The van der Waals surface area contributed by atoms with Crippen LogP contribution < -0.4 is 15.2 Å². The minimum Gasteiger partial charge on any atom is -0.494 e. The van der Waals surface area contributed by atoms with Gasteiger partial charge in [0.05, 0.1) is 24.6 Å². The highest BCUT2D eigenvalue weighted by molar-refractivity contribution is 5.98. The lowest BCUT2D eigenvalue weighted by Crippen LogP contribution is -2.23. The summed E-state index contributed by atoms with van der Waals surface area (Å²) in [5.41, 5.74) is 8.31. The van der Waals surface area contributed by atoms with Gasteiger partial charge < -0.3 is 20.3 Å². The Morgan fingerprint density at radius 2 is 1.88 bits per heavy atom. The lowest BCUT2D eigenvalue weighted by molar-refractivity contribution is 0.101. The second-order valence-electron chi connectivity index (χ2n) is 8.12. The Labute approximate surface area is 189 Å². The number of hydrogen-bond acceptors (Lipinski definition) is 7. The van der Waals surface area contributed by atoms with E-state index < -0.39 is 5.82 Å². The van der Waals surface area contributed by atoms with Gasteiger partial charge in [-0.05, 0) is 62.1 Å². The SMILES string of the molecule is COc1cccc(Oc2ccc(-c3nn([C@@H]4CCC[C@H](O)C4)c4ncnc(N)c34)cc2)c1F. The van der Waals surface area contributed by atoms with Gasteiger partial charge in [-0.25, -0.2) is 14.6 Å². The van der Waals surface area contributed by atoms with Crippen LogP contribution in [-0.4, -0.2) is 38.1 Å². The Hall–Kier alpha value is -3.72. The summed E-state index contributed by atoms with van der Waals surface area (Å²) in [5, 5.41) is 15.7. The minimum absolute atomic E-state index is 0.0398. The number of aliphatic hydroxyl groups is 1. The number of nitrogens with two attached hydrogens (primary N) is 1. The molecule has 5 rings (SSSR count). The van der Waals surface area contributed by atoms with Gasteiger partial charge in [0.1, 0.15) is 23.6 Å². The number of nitrogens with zero attached hydrogens (tertiary/aromatic N) is 4. The number of methoxy groups -OCH3 is 1. The molecule has 33 heavy (non-hydrogen) atoms. The molecule has 170 valence electrons. The zero-order valence-corrected chi connectivity index (χ0v) is 18.1. The molecule has 2 heterocycles. The number of ether oxygens (including phenoxy) is 2. The maximum atomic E-state index is 14.4. The predicted molar refractivity (Wildman–Crippen MR) is 122 cm³/mol. The van der Waals surface area contributed by atoms with Crippen molar-refractivity contribution >= 4 is 16.9 Å². The molecule has 1 saturated carbocycles. The summed E-state index contributed by atoms with van der Waals surface area (Å²) in [5.74, 6) is 0.439. The highest BCUT2D eigenvalue weighted by Crippen LogP contribution is 2.37. The molecular formula is C24H24FN5O3. The van der Waals surface area contributed by atoms with Gasteiger partial charge >= 0.3 is 0 Å². The average Bonchev–Trinajstić information content (AvgIpc) is 3.22. The van der Waals surface area contributed by atoms with E-state index in [0.717, 1.165) is 24.8 Å². The fourth-order valence-corrected chi connectivity index (χ4v) is 4.35. The fourth-order valence-electron chi connectivity index (χ4n) is 4.35. The molecule has 0 bridgehead atoms. The van der Waals surface area contributed by atoms with Gasteiger partial charge in [0.15, 0.2) is 17.1 Å². The lowest BCUT2D eigenvalue weighted by Gasteiger charge is -2.26. The van der Waals surface area contributed by atoms with Crippen molar-refractivity contribution in [3.8, 4) is 28.5 Å². The summed E-state index contributed by atoms with van der Waals surface area (Å²) in [4.78, 5) is 8.59. The van der Waals surface area contributed by atoms with Crippen molar-refractivity contribution in [3.05, 3.63) is 54.6 Å². The van der Waals surface area contributed by atoms with Crippen LogP contribution in [0.25, 0.3) is 22.3 Å². The second kappa shape index (κ2) is 8.67. The van der Waals surface area contributed by atoms with Crippen molar-refractivity contribution in [2.75, 3.05) is 12.8 Å². The molecule has 1 fully saturated rings. The van der Waals surface area contributed by atoms with Crippen molar-refractivity contribution in [3.63, 3.8) is 0 Å². The van der Waals surface area contributed by atoms with Crippen LogP contribution in [0.1, 0.15) is 31.7 Å². The Bertz CT molecular complexity index is 1290. The summed E-state index contributed by atoms with van der Waals surface area (Å²) in [7, 11) is 1.41. The van der Waals surface area contributed by atoms with E-state index in [9.17, 15) is 9.50 Å². The maximum absolute atomic E-state index is 14.4. The quantitative estimate of drug-likeness (QED) is 0.462. The minimum atomic E-state index is -0.562. The molecule has 1 aliphatic carbocycles. The molecule has 0 unspecified atom stereocenters. The van der Waals surface area contributed by atoms with Gasteiger partial charge in [-0.15, -0.1) is 0 Å². The van der Waals surface area contributed by atoms with Crippen LogP contribution in [0.2, 0.25) is 0 Å². The Balaban J connectivity index is 1.49. The van der Waals surface area contributed by atoms with Crippen LogP contribution in [0.15, 0.2) is 48.8 Å². The molecule has 0 radical (unpaired) electrons. The molecule has 3 N–H and O–H groups in total. The summed E-state index contributed by atoms with van der Waals surface area (Å²) in [6.07, 6.45) is 4.34. The first-order valence-electron chi connectivity index (χ1n) is 10.8. The molecule has 8 nitrogen and oxygen atoms in total. The lowest BCUT2D eigenvalue weighted by atomic mass is 9.93. The van der Waals surface area contributed by atoms with Crippen molar-refractivity contribution in [2.45, 2.75) is 37.8 Å². The molecule has 0 amide bonds. The fraction of sp³-hybridized carbons (Fsp3) is 0.292. The molecule has 2 aromatic carbocycles. The van der Waals surface area contributed by atoms with E-state index in [1.807, 2.05) is 16.8 Å². The maximum Gasteiger partial charge on any atom is 0.207 e. The Morgan fingerprint density at radius 1 is 1.09 bits per heavy atom. The molecule has 0 aliphatic heterocycles. The molecule has 0 spiro atoms. The first kappa shape index (κ1) is 21.1. The molecule has 4 aromatic rings. The number of nitrogen functional groups attached to an aromatic ring is 1. The first-order valence-corrected chi connectivity index (χ1v) is 10.8. The van der Waals surface area contributed by atoms with Gasteiger partial charge in [0, 0.05) is 5.56 Å². The molecule has 0 saturated heterocycles. The summed E-state index contributed by atoms with van der Waals surface area (Å²) < 4.78 is 27.0. The van der Waals surface area contributed by atoms with E-state index >= 15 is 0 Å². The van der Waals surface area contributed by atoms with Gasteiger partial charge in [-0.3, -0.25) is 0 Å². The highest BCUT2D eigenvalue weighted by Gasteiger charge is 2.26. The van der Waals surface area contributed by atoms with E-state index in [1.54, 1.807) is 18.2 Å². The Kier molecular flexibility index (Phi) is 5.55. The molecule has 9 heteroatoms. The molecular weight excluding hydrogens is 425 g/mol. The first-order chi connectivity index (χ1) is 16.0. The van der Waals surface area contributed by atoms with E-state index in [2.05, 4.69) is 9.97 Å². The van der Waals surface area contributed by atoms with Gasteiger partial charge in [-0.1, -0.05) is 6.07 Å². The topological polar surface area (TPSA) is 108 Å². The normalized spacial score (nSPS) is 18.4. The van der Waals surface area contributed by atoms with Crippen molar-refractivity contribution < 1.29 is 19.0 Å². The van der Waals surface area contributed by atoms with Crippen molar-refractivity contribution in [2.24, 2.45) is 0 Å². The smallest absolute Gasteiger partial charge is 0.207 e. The summed E-state index contributed by atoms with van der Waals surface area (Å²) in [6, 6.07) is 11.9. The van der Waals surface area contributed by atoms with E-state index in [-0.39, 0.29) is 23.6 Å². The second-order valence-corrected chi connectivity index (χ2v) is 8.12. The zero-order valence-electron chi connectivity index (χ0n) is 18.1. The van der Waals surface area contributed by atoms with Crippen LogP contribution in [0.3, 0.4) is 0 Å². The van der Waals surface area contributed by atoms with Gasteiger partial charge in [0.2, 0.25) is 5.82 Å². The van der Waals surface area contributed by atoms with Crippen molar-refractivity contribution in [1.82, 2.24) is 19.7 Å². The van der Waals surface area contributed by atoms with Crippen LogP contribution in [0.5, 0.6) is 17.2 Å². The van der Waals surface area contributed by atoms with Crippen LogP contribution in [0, 0.1) is 5.82 Å². The average molecular weight is 449 g/mol.